The molecule has 9 nitrogen and oxygen atoms in total. The lowest BCUT2D eigenvalue weighted by Crippen LogP contribution is -2.40. The average molecular weight is 449 g/mol. The number of carbonyl (C=O) groups excluding carboxylic acids is 2. The molecule has 0 spiro atoms. The molecule has 0 saturated carbocycles. The Morgan fingerprint density at radius 2 is 1.97 bits per heavy atom. The highest BCUT2D eigenvalue weighted by atomic mass is 16.5. The molecule has 0 N–H and O–H groups in total. The largest absolute Gasteiger partial charge is 0.491 e. The van der Waals surface area contributed by atoms with Crippen LogP contribution in [-0.2, 0) is 24.8 Å². The standard InChI is InChI=1S/C24H28N6O3/c1-16-7-5-6-8-19(16)33-14-13-30-21(31)10-9-18-17(2)26-20(27-22(18)30)15-29(4)24(32)23-25-11-12-28(23)3/h5-8,11-12H,9-10,13-15H2,1-4H3. The topological polar surface area (TPSA) is 93.5 Å². The van der Waals surface area contributed by atoms with Crippen LogP contribution in [0.4, 0.5) is 5.82 Å². The second-order valence-electron chi connectivity index (χ2n) is 8.21. The van der Waals surface area contributed by atoms with Gasteiger partial charge in [-0.1, -0.05) is 18.2 Å². The fourth-order valence-corrected chi connectivity index (χ4v) is 3.93. The van der Waals surface area contributed by atoms with E-state index in [2.05, 4.69) is 9.97 Å². The molecule has 0 aliphatic carbocycles. The summed E-state index contributed by atoms with van der Waals surface area (Å²) >= 11 is 0. The van der Waals surface area contributed by atoms with Crippen molar-refractivity contribution < 1.29 is 14.3 Å². The zero-order chi connectivity index (χ0) is 23.5. The molecule has 33 heavy (non-hydrogen) atoms. The van der Waals surface area contributed by atoms with Crippen molar-refractivity contribution in [2.45, 2.75) is 33.2 Å². The highest BCUT2D eigenvalue weighted by Crippen LogP contribution is 2.28. The van der Waals surface area contributed by atoms with Crippen LogP contribution in [0.25, 0.3) is 0 Å². The first-order valence-electron chi connectivity index (χ1n) is 10.9. The molecule has 0 fully saturated rings. The minimum absolute atomic E-state index is 0.0115. The zero-order valence-corrected chi connectivity index (χ0v) is 19.4. The molecule has 2 amide bonds. The van der Waals surface area contributed by atoms with Crippen LogP contribution in [0.2, 0.25) is 0 Å². The van der Waals surface area contributed by atoms with Gasteiger partial charge in [0.15, 0.2) is 5.82 Å². The van der Waals surface area contributed by atoms with Crippen LogP contribution in [0.5, 0.6) is 5.75 Å². The number of amides is 2. The predicted molar refractivity (Wildman–Crippen MR) is 123 cm³/mol. The SMILES string of the molecule is Cc1ccccc1OCCN1C(=O)CCc2c(C)nc(CN(C)C(=O)c3nccn3C)nc21. The van der Waals surface area contributed by atoms with Gasteiger partial charge in [-0.25, -0.2) is 15.0 Å². The van der Waals surface area contributed by atoms with E-state index < -0.39 is 0 Å². The molecule has 1 aliphatic rings. The lowest BCUT2D eigenvalue weighted by Gasteiger charge is -2.29. The normalized spacial score (nSPS) is 13.1. The van der Waals surface area contributed by atoms with E-state index in [9.17, 15) is 9.59 Å². The molecule has 0 radical (unpaired) electrons. The van der Waals surface area contributed by atoms with Gasteiger partial charge in [-0.05, 0) is 31.9 Å². The third-order valence-corrected chi connectivity index (χ3v) is 5.79. The summed E-state index contributed by atoms with van der Waals surface area (Å²) in [5.41, 5.74) is 2.83. The Morgan fingerprint density at radius 3 is 2.70 bits per heavy atom. The van der Waals surface area contributed by atoms with Crippen molar-refractivity contribution in [3.05, 3.63) is 65.1 Å². The maximum absolute atomic E-state index is 12.7. The third kappa shape index (κ3) is 4.72. The van der Waals surface area contributed by atoms with Gasteiger partial charge in [0.05, 0.1) is 13.1 Å². The van der Waals surface area contributed by atoms with Gasteiger partial charge in [-0.15, -0.1) is 0 Å². The number of anilines is 1. The number of benzene rings is 1. The molecule has 0 bridgehead atoms. The minimum Gasteiger partial charge on any atom is -0.491 e. The van der Waals surface area contributed by atoms with E-state index in [1.807, 2.05) is 38.1 Å². The summed E-state index contributed by atoms with van der Waals surface area (Å²) in [5.74, 6) is 2.03. The third-order valence-electron chi connectivity index (χ3n) is 5.79. The fourth-order valence-electron chi connectivity index (χ4n) is 3.93. The van der Waals surface area contributed by atoms with Crippen LogP contribution in [0, 0.1) is 13.8 Å². The summed E-state index contributed by atoms with van der Waals surface area (Å²) in [6.45, 7) is 4.86. The Kier molecular flexibility index (Phi) is 6.39. The van der Waals surface area contributed by atoms with Gasteiger partial charge < -0.3 is 14.2 Å². The molecule has 0 saturated heterocycles. The first-order chi connectivity index (χ1) is 15.8. The van der Waals surface area contributed by atoms with Crippen molar-refractivity contribution in [2.75, 3.05) is 25.1 Å². The number of hydrogen-bond donors (Lipinski definition) is 0. The zero-order valence-electron chi connectivity index (χ0n) is 19.4. The smallest absolute Gasteiger partial charge is 0.289 e. The maximum atomic E-state index is 12.7. The number of carbonyl (C=O) groups is 2. The molecule has 172 valence electrons. The Balaban J connectivity index is 1.52. The molecule has 9 heteroatoms. The molecule has 1 aliphatic heterocycles. The molecule has 3 heterocycles. The first kappa shape index (κ1) is 22.4. The molecule has 0 unspecified atom stereocenters. The molecule has 1 aromatic carbocycles. The lowest BCUT2D eigenvalue weighted by atomic mass is 10.0. The van der Waals surface area contributed by atoms with Gasteiger partial charge in [0.1, 0.15) is 24.0 Å². The van der Waals surface area contributed by atoms with Crippen molar-refractivity contribution in [1.29, 1.82) is 0 Å². The number of aryl methyl sites for hydroxylation is 3. The summed E-state index contributed by atoms with van der Waals surface area (Å²) in [6, 6.07) is 7.79. The summed E-state index contributed by atoms with van der Waals surface area (Å²) in [6.07, 6.45) is 4.34. The Hall–Kier alpha value is -3.75. The first-order valence-corrected chi connectivity index (χ1v) is 10.9. The quantitative estimate of drug-likeness (QED) is 0.551. The second-order valence-corrected chi connectivity index (χ2v) is 8.21. The van der Waals surface area contributed by atoms with Gasteiger partial charge in [0, 0.05) is 44.2 Å². The van der Waals surface area contributed by atoms with Crippen LogP contribution in [0.1, 0.15) is 39.7 Å². The van der Waals surface area contributed by atoms with Gasteiger partial charge in [-0.2, -0.15) is 0 Å². The molecule has 2 aromatic heterocycles. The summed E-state index contributed by atoms with van der Waals surface area (Å²) in [7, 11) is 3.46. The Labute approximate surface area is 193 Å². The number of ether oxygens (including phenoxy) is 1. The molecular formula is C24H28N6O3. The fraction of sp³-hybridized carbons (Fsp3) is 0.375. The van der Waals surface area contributed by atoms with Crippen molar-refractivity contribution in [1.82, 2.24) is 24.4 Å². The number of nitrogens with zero attached hydrogens (tertiary/aromatic N) is 6. The van der Waals surface area contributed by atoms with Crippen LogP contribution in [0.15, 0.2) is 36.7 Å². The Bertz CT molecular complexity index is 1190. The minimum atomic E-state index is -0.221. The highest BCUT2D eigenvalue weighted by Gasteiger charge is 2.28. The van der Waals surface area contributed by atoms with Crippen molar-refractivity contribution >= 4 is 17.6 Å². The van der Waals surface area contributed by atoms with Crippen molar-refractivity contribution in [3.8, 4) is 5.75 Å². The number of aromatic nitrogens is 4. The molecule has 3 aromatic rings. The molecule has 4 rings (SSSR count). The number of rotatable bonds is 7. The monoisotopic (exact) mass is 448 g/mol. The molecular weight excluding hydrogens is 420 g/mol. The van der Waals surface area contributed by atoms with E-state index >= 15 is 0 Å². The lowest BCUT2D eigenvalue weighted by molar-refractivity contribution is -0.119. The van der Waals surface area contributed by atoms with Crippen molar-refractivity contribution in [2.24, 2.45) is 7.05 Å². The average Bonchev–Trinajstić information content (AvgIpc) is 3.21. The number of imidazole rings is 1. The van der Waals surface area contributed by atoms with Gasteiger partial charge in [0.2, 0.25) is 5.91 Å². The van der Waals surface area contributed by atoms with E-state index in [0.29, 0.717) is 43.5 Å². The van der Waals surface area contributed by atoms with E-state index in [1.165, 1.54) is 4.90 Å². The number of para-hydroxylation sites is 1. The summed E-state index contributed by atoms with van der Waals surface area (Å²) < 4.78 is 7.59. The summed E-state index contributed by atoms with van der Waals surface area (Å²) in [5, 5.41) is 0. The van der Waals surface area contributed by atoms with Gasteiger partial charge >= 0.3 is 0 Å². The van der Waals surface area contributed by atoms with Gasteiger partial charge in [0.25, 0.3) is 5.91 Å². The highest BCUT2D eigenvalue weighted by molar-refractivity contribution is 5.95. The van der Waals surface area contributed by atoms with Crippen LogP contribution >= 0.6 is 0 Å². The van der Waals surface area contributed by atoms with Crippen molar-refractivity contribution in [3.63, 3.8) is 0 Å². The van der Waals surface area contributed by atoms with E-state index in [1.54, 1.807) is 36.0 Å². The van der Waals surface area contributed by atoms with Crippen LogP contribution in [0.3, 0.4) is 0 Å². The van der Waals surface area contributed by atoms with Crippen LogP contribution in [-0.4, -0.2) is 56.4 Å². The van der Waals surface area contributed by atoms with E-state index in [-0.39, 0.29) is 18.4 Å². The number of fused-ring (bicyclic) bond motifs is 1. The maximum Gasteiger partial charge on any atom is 0.289 e. The Morgan fingerprint density at radius 1 is 1.18 bits per heavy atom. The van der Waals surface area contributed by atoms with E-state index in [0.717, 1.165) is 22.6 Å². The molecule has 0 atom stereocenters. The second kappa shape index (κ2) is 9.40. The van der Waals surface area contributed by atoms with Crippen LogP contribution < -0.4 is 9.64 Å². The number of hydrogen-bond acceptors (Lipinski definition) is 6. The van der Waals surface area contributed by atoms with Gasteiger partial charge in [-0.3, -0.25) is 14.5 Å². The predicted octanol–water partition coefficient (Wildman–Crippen LogP) is 2.46. The summed E-state index contributed by atoms with van der Waals surface area (Å²) in [4.78, 5) is 42.1. The van der Waals surface area contributed by atoms with E-state index in [4.69, 9.17) is 9.72 Å².